The largest absolute Gasteiger partial charge is 0.505 e. The molecule has 0 saturated carbocycles. The number of rotatable bonds is 7. The molecular weight excluding hydrogens is 454 g/mol. The van der Waals surface area contributed by atoms with Crippen LogP contribution in [-0.4, -0.2) is 39.6 Å². The Morgan fingerprint density at radius 3 is 2.29 bits per heavy atom. The molecule has 0 aliphatic carbocycles. The Hall–Kier alpha value is -3.72. The van der Waals surface area contributed by atoms with Crippen LogP contribution in [0, 0.1) is 0 Å². The first-order valence-electron chi connectivity index (χ1n) is 10.8. The summed E-state index contributed by atoms with van der Waals surface area (Å²) >= 11 is 0. The maximum atomic E-state index is 13.0. The highest BCUT2D eigenvalue weighted by atomic mass is 32.2. The molecule has 0 atom stereocenters. The van der Waals surface area contributed by atoms with Crippen molar-refractivity contribution in [3.8, 4) is 11.4 Å². The molecule has 2 N–H and O–H groups in total. The number of fused-ring (bicyclic) bond motifs is 1. The van der Waals surface area contributed by atoms with Gasteiger partial charge in [-0.25, -0.2) is 8.42 Å². The van der Waals surface area contributed by atoms with E-state index in [4.69, 9.17) is 0 Å². The fraction of sp³-hybridized carbons (Fsp3) is 0.240. The van der Waals surface area contributed by atoms with Gasteiger partial charge in [0.05, 0.1) is 16.2 Å². The lowest BCUT2D eigenvalue weighted by Crippen LogP contribution is -2.18. The fourth-order valence-corrected chi connectivity index (χ4v) is 5.02. The number of aliphatic carboxylic acids is 1. The minimum absolute atomic E-state index is 0.0431. The number of nitrogens with zero attached hydrogens (tertiary/aromatic N) is 3. The van der Waals surface area contributed by atoms with Crippen molar-refractivity contribution in [2.45, 2.75) is 48.8 Å². The smallest absolute Gasteiger partial charge is 0.307 e. The van der Waals surface area contributed by atoms with Gasteiger partial charge in [0.1, 0.15) is 22.5 Å². The van der Waals surface area contributed by atoms with E-state index in [2.05, 4.69) is 10.2 Å². The second kappa shape index (κ2) is 8.57. The number of carboxylic acid groups (broad SMARTS) is 1. The Morgan fingerprint density at radius 1 is 0.971 bits per heavy atom. The zero-order valence-electron chi connectivity index (χ0n) is 19.1. The Labute approximate surface area is 197 Å². The highest BCUT2D eigenvalue weighted by molar-refractivity contribution is 7.91. The summed E-state index contributed by atoms with van der Waals surface area (Å²) in [6.45, 7) is 5.91. The number of phenolic OH excluding ortho intramolecular Hbond substituents is 1. The molecule has 4 aromatic rings. The zero-order valence-corrected chi connectivity index (χ0v) is 19.9. The summed E-state index contributed by atoms with van der Waals surface area (Å²) in [4.78, 5) is 12.8. The van der Waals surface area contributed by atoms with Crippen LogP contribution in [0.5, 0.6) is 5.75 Å². The predicted octanol–water partition coefficient (Wildman–Crippen LogP) is 4.27. The lowest BCUT2D eigenvalue weighted by Gasteiger charge is -2.26. The first kappa shape index (κ1) is 23.4. The molecular formula is C25H25N3O5S. The minimum Gasteiger partial charge on any atom is -0.505 e. The van der Waals surface area contributed by atoms with Crippen molar-refractivity contribution in [3.05, 3.63) is 71.8 Å². The van der Waals surface area contributed by atoms with Gasteiger partial charge in [0, 0.05) is 5.56 Å². The molecule has 0 aliphatic rings. The molecule has 0 unspecified atom stereocenters. The van der Waals surface area contributed by atoms with Gasteiger partial charge in [-0.2, -0.15) is 0 Å². The molecule has 0 amide bonds. The van der Waals surface area contributed by atoms with Crippen LogP contribution >= 0.6 is 0 Å². The van der Waals surface area contributed by atoms with Gasteiger partial charge in [0.25, 0.3) is 0 Å². The summed E-state index contributed by atoms with van der Waals surface area (Å²) < 4.78 is 26.0. The number of hydrogen-bond acceptors (Lipinski definition) is 6. The quantitative estimate of drug-likeness (QED) is 0.406. The number of sulfone groups is 1. The predicted molar refractivity (Wildman–Crippen MR) is 127 cm³/mol. The molecule has 3 aromatic carbocycles. The van der Waals surface area contributed by atoms with Gasteiger partial charge < -0.3 is 10.2 Å². The van der Waals surface area contributed by atoms with E-state index in [1.165, 1.54) is 29.1 Å². The lowest BCUT2D eigenvalue weighted by atomic mass is 9.80. The third-order valence-electron chi connectivity index (χ3n) is 6.05. The average molecular weight is 480 g/mol. The number of carbonyl (C=O) groups is 1. The molecule has 1 heterocycles. The summed E-state index contributed by atoms with van der Waals surface area (Å²) in [5.74, 6) is -1.04. The van der Waals surface area contributed by atoms with Crippen molar-refractivity contribution in [2.75, 3.05) is 0 Å². The summed E-state index contributed by atoms with van der Waals surface area (Å²) in [5, 5.41) is 29.2. The molecule has 1 aromatic heterocycles. The van der Waals surface area contributed by atoms with E-state index in [0.717, 1.165) is 0 Å². The number of aromatic nitrogens is 3. The Balaban J connectivity index is 1.86. The van der Waals surface area contributed by atoms with E-state index in [9.17, 15) is 23.4 Å². The molecule has 34 heavy (non-hydrogen) atoms. The minimum atomic E-state index is -3.74. The Kier molecular flexibility index (Phi) is 5.91. The van der Waals surface area contributed by atoms with Crippen molar-refractivity contribution in [3.63, 3.8) is 0 Å². The van der Waals surface area contributed by atoms with Crippen molar-refractivity contribution in [1.82, 2.24) is 15.0 Å². The van der Waals surface area contributed by atoms with Gasteiger partial charge in [0.2, 0.25) is 9.84 Å². The zero-order chi connectivity index (χ0) is 24.7. The van der Waals surface area contributed by atoms with E-state index in [-0.39, 0.29) is 27.6 Å². The van der Waals surface area contributed by atoms with Crippen LogP contribution in [-0.2, 0) is 26.5 Å². The number of benzene rings is 3. The van der Waals surface area contributed by atoms with Crippen LogP contribution in [0.2, 0.25) is 0 Å². The van der Waals surface area contributed by atoms with Crippen molar-refractivity contribution >= 4 is 26.8 Å². The maximum Gasteiger partial charge on any atom is 0.307 e. The molecule has 0 spiro atoms. The summed E-state index contributed by atoms with van der Waals surface area (Å²) in [6, 6.07) is 15.8. The summed E-state index contributed by atoms with van der Waals surface area (Å²) in [5.41, 5.74) is 1.68. The normalized spacial score (nSPS) is 12.2. The molecule has 4 rings (SSSR count). The third-order valence-corrected chi connectivity index (χ3v) is 7.82. The van der Waals surface area contributed by atoms with Gasteiger partial charge in [-0.05, 0) is 53.8 Å². The highest BCUT2D eigenvalue weighted by Gasteiger charge is 2.26. The Morgan fingerprint density at radius 2 is 1.65 bits per heavy atom. The van der Waals surface area contributed by atoms with E-state index in [0.29, 0.717) is 28.6 Å². The van der Waals surface area contributed by atoms with Crippen LogP contribution < -0.4 is 0 Å². The lowest BCUT2D eigenvalue weighted by molar-refractivity contribution is -0.136. The summed E-state index contributed by atoms with van der Waals surface area (Å²) in [7, 11) is -3.74. The number of phenols is 1. The third kappa shape index (κ3) is 4.26. The van der Waals surface area contributed by atoms with Crippen molar-refractivity contribution in [2.24, 2.45) is 0 Å². The number of aromatic hydroxyl groups is 1. The van der Waals surface area contributed by atoms with Gasteiger partial charge in [-0.1, -0.05) is 45.0 Å². The van der Waals surface area contributed by atoms with E-state index >= 15 is 0 Å². The van der Waals surface area contributed by atoms with Crippen LogP contribution in [0.4, 0.5) is 0 Å². The molecule has 176 valence electrons. The molecule has 0 saturated heterocycles. The van der Waals surface area contributed by atoms with Crippen LogP contribution in [0.3, 0.4) is 0 Å². The van der Waals surface area contributed by atoms with E-state index in [1.54, 1.807) is 36.4 Å². The van der Waals surface area contributed by atoms with Gasteiger partial charge >= 0.3 is 5.97 Å². The number of hydrogen-bond donors (Lipinski definition) is 2. The molecule has 9 heteroatoms. The molecule has 0 radical (unpaired) electrons. The summed E-state index contributed by atoms with van der Waals surface area (Å²) in [6.07, 6.45) is 0.492. The van der Waals surface area contributed by atoms with Gasteiger partial charge in [-0.3, -0.25) is 4.79 Å². The molecule has 0 aliphatic heterocycles. The topological polar surface area (TPSA) is 122 Å². The average Bonchev–Trinajstić information content (AvgIpc) is 3.23. The maximum absolute atomic E-state index is 13.0. The van der Waals surface area contributed by atoms with E-state index in [1.807, 2.05) is 20.8 Å². The first-order chi connectivity index (χ1) is 16.0. The van der Waals surface area contributed by atoms with Crippen LogP contribution in [0.1, 0.15) is 38.3 Å². The first-order valence-corrected chi connectivity index (χ1v) is 12.3. The van der Waals surface area contributed by atoms with Gasteiger partial charge in [0.15, 0.2) is 0 Å². The second-order valence-electron chi connectivity index (χ2n) is 8.78. The van der Waals surface area contributed by atoms with Crippen molar-refractivity contribution in [1.29, 1.82) is 0 Å². The fourth-order valence-electron chi connectivity index (χ4n) is 3.72. The monoisotopic (exact) mass is 479 g/mol. The van der Waals surface area contributed by atoms with Crippen LogP contribution in [0.15, 0.2) is 70.5 Å². The molecule has 0 bridgehead atoms. The van der Waals surface area contributed by atoms with Gasteiger partial charge in [-0.15, -0.1) is 15.0 Å². The van der Waals surface area contributed by atoms with Crippen LogP contribution in [0.25, 0.3) is 16.7 Å². The highest BCUT2D eigenvalue weighted by Crippen LogP contribution is 2.38. The molecule has 8 nitrogen and oxygen atoms in total. The standard InChI is InChI=1S/C25H25N3O5S/c1-4-25(2,3)19-12-16(14-23(29)30)13-22(24(19)31)28-26-20-11-10-18(15-21(20)27-28)34(32,33)17-8-6-5-7-9-17/h5-13,15,31H,4,14H2,1-3H3,(H,29,30). The Bertz CT molecular complexity index is 1490. The van der Waals surface area contributed by atoms with E-state index < -0.39 is 21.2 Å². The van der Waals surface area contributed by atoms with Crippen molar-refractivity contribution < 1.29 is 23.4 Å². The number of carboxylic acids is 1. The molecule has 0 fully saturated rings. The second-order valence-corrected chi connectivity index (χ2v) is 10.7. The SMILES string of the molecule is CCC(C)(C)c1cc(CC(=O)O)cc(-n2nc3ccc(S(=O)(=O)c4ccccc4)cc3n2)c1O.